The Bertz CT molecular complexity index is 7090. The molecule has 140 heavy (non-hydrogen) atoms. The van der Waals surface area contributed by atoms with Crippen molar-refractivity contribution in [3.8, 4) is 140 Å². The topological polar surface area (TPSA) is 340 Å². The largest absolute Gasteiger partial charge is 0.477 e. The first-order valence-corrected chi connectivity index (χ1v) is 45.8. The Morgan fingerprint density at radius 2 is 0.493 bits per heavy atom. The highest BCUT2D eigenvalue weighted by Crippen LogP contribution is 2.47. The minimum Gasteiger partial charge on any atom is -0.477 e. The SMILES string of the molecule is O=C(O)c1cc(-n2c(-c3ccccc3)cc3c2CCc2cccnc2-3)ccn1.O=C(O)c1cc(-n2c(-c3ccccc3)cc3c2CCc2ccncc2-3)ccn1.O=C(O)c1cc(-n2c(-c3ccccc3)cc3c2CCc2cnccc2-3)ccn1.O=C(O)c1cc(-n2c(-c3cccnc3)cc3c2CCc2ccccc2-3)ccn1.O=C(O)c1cc(-n2c(-c3ccncc3)cc3c2CCc2ccccc2-3)ccn1. The zero-order chi connectivity index (χ0) is 95.4. The number of pyridine rings is 10. The molecule has 0 saturated heterocycles. The van der Waals surface area contributed by atoms with Gasteiger partial charge < -0.3 is 48.4 Å². The van der Waals surface area contributed by atoms with Gasteiger partial charge in [-0.1, -0.05) is 146 Å². The van der Waals surface area contributed by atoms with Crippen molar-refractivity contribution in [2.75, 3.05) is 0 Å². The molecule has 680 valence electrons. The van der Waals surface area contributed by atoms with Gasteiger partial charge in [-0.2, -0.15) is 0 Å². The molecular formula is C115H85N15O10. The minimum atomic E-state index is -1.03. The Balaban J connectivity index is 0.000000104. The average Bonchev–Trinajstić information content (AvgIpc) is 1.63. The van der Waals surface area contributed by atoms with Gasteiger partial charge in [0.05, 0.1) is 34.2 Å². The molecule has 0 bridgehead atoms. The summed E-state index contributed by atoms with van der Waals surface area (Å²) in [6.45, 7) is 0. The Hall–Kier alpha value is -18.7. The minimum absolute atomic E-state index is 0.0355. The quantitative estimate of drug-likeness (QED) is 0.0636. The van der Waals surface area contributed by atoms with Gasteiger partial charge in [0.1, 0.15) is 28.5 Å². The second-order valence-electron chi connectivity index (χ2n) is 34.1. The second kappa shape index (κ2) is 38.4. The summed E-state index contributed by atoms with van der Waals surface area (Å²) in [7, 11) is 0. The van der Waals surface area contributed by atoms with Crippen molar-refractivity contribution in [2.45, 2.75) is 64.2 Å². The molecule has 20 aromatic rings. The van der Waals surface area contributed by atoms with Crippen molar-refractivity contribution >= 4 is 29.8 Å². The van der Waals surface area contributed by atoms with Gasteiger partial charge in [0.25, 0.3) is 0 Å². The predicted molar refractivity (Wildman–Crippen MR) is 533 cm³/mol. The summed E-state index contributed by atoms with van der Waals surface area (Å²) in [5.41, 5.74) is 38.5. The Morgan fingerprint density at radius 3 is 0.893 bits per heavy atom. The van der Waals surface area contributed by atoms with E-state index in [0.29, 0.717) is 0 Å². The molecule has 0 saturated carbocycles. The highest BCUT2D eigenvalue weighted by molar-refractivity contribution is 5.92. The number of carbonyl (C=O) groups is 5. The van der Waals surface area contributed by atoms with Crippen LogP contribution in [-0.2, 0) is 64.2 Å². The predicted octanol–water partition coefficient (Wildman–Crippen LogP) is 22.0. The zero-order valence-electron chi connectivity index (χ0n) is 75.2. The lowest BCUT2D eigenvalue weighted by Crippen LogP contribution is -2.10. The average molecular weight is 1840 g/mol. The molecule has 5 aliphatic rings. The summed E-state index contributed by atoms with van der Waals surface area (Å²) in [6, 6.07) is 91.9. The number of rotatable bonds is 15. The number of aryl methyl sites for hydroxylation is 5. The van der Waals surface area contributed by atoms with Crippen molar-refractivity contribution < 1.29 is 49.5 Å². The number of benzene rings is 5. The molecule has 0 fully saturated rings. The maximum absolute atomic E-state index is 11.5. The van der Waals surface area contributed by atoms with Crippen LogP contribution < -0.4 is 0 Å². The molecule has 5 aromatic carbocycles. The summed E-state index contributed by atoms with van der Waals surface area (Å²) >= 11 is 0. The van der Waals surface area contributed by atoms with Crippen LogP contribution in [0.4, 0.5) is 0 Å². The van der Waals surface area contributed by atoms with Crippen LogP contribution >= 0.6 is 0 Å². The summed E-state index contributed by atoms with van der Waals surface area (Å²) < 4.78 is 10.8. The molecule has 25 heteroatoms. The van der Waals surface area contributed by atoms with E-state index in [1.54, 1.807) is 79.9 Å². The van der Waals surface area contributed by atoms with E-state index in [0.717, 1.165) is 177 Å². The summed E-state index contributed by atoms with van der Waals surface area (Å²) in [5.74, 6) is -5.15. The number of carboxylic acids is 5. The molecule has 0 spiro atoms. The van der Waals surface area contributed by atoms with Crippen LogP contribution in [0.25, 0.3) is 140 Å². The second-order valence-corrected chi connectivity index (χ2v) is 34.1. The van der Waals surface area contributed by atoms with Crippen LogP contribution in [0.2, 0.25) is 0 Å². The fraction of sp³-hybridized carbons (Fsp3) is 0.0870. The van der Waals surface area contributed by atoms with Crippen molar-refractivity contribution in [1.82, 2.24) is 72.7 Å². The van der Waals surface area contributed by atoms with Gasteiger partial charge in [0.2, 0.25) is 0 Å². The molecule has 0 radical (unpaired) electrons. The number of hydrogen-bond acceptors (Lipinski definition) is 15. The third-order valence-electron chi connectivity index (χ3n) is 26.1. The number of fused-ring (bicyclic) bond motifs is 15. The van der Waals surface area contributed by atoms with Crippen molar-refractivity contribution in [1.29, 1.82) is 0 Å². The van der Waals surface area contributed by atoms with E-state index in [1.807, 2.05) is 152 Å². The maximum Gasteiger partial charge on any atom is 0.354 e. The van der Waals surface area contributed by atoms with Crippen molar-refractivity contribution in [3.63, 3.8) is 0 Å². The van der Waals surface area contributed by atoms with E-state index in [9.17, 15) is 49.5 Å². The molecule has 25 rings (SSSR count). The number of hydrogen-bond donors (Lipinski definition) is 5. The number of carboxylic acid groups (broad SMARTS) is 5. The maximum atomic E-state index is 11.5. The van der Waals surface area contributed by atoms with Gasteiger partial charge in [-0.25, -0.2) is 48.9 Å². The molecule has 15 aromatic heterocycles. The molecule has 0 atom stereocenters. The van der Waals surface area contributed by atoms with Crippen LogP contribution in [0.3, 0.4) is 0 Å². The molecule has 0 amide bonds. The first-order chi connectivity index (χ1) is 68.6. The fourth-order valence-corrected chi connectivity index (χ4v) is 19.8. The Morgan fingerprint density at radius 1 is 0.200 bits per heavy atom. The molecule has 0 unspecified atom stereocenters. The summed E-state index contributed by atoms with van der Waals surface area (Å²) in [6.07, 6.45) is 33.3. The zero-order valence-corrected chi connectivity index (χ0v) is 75.2. The molecule has 5 N–H and O–H groups in total. The van der Waals surface area contributed by atoms with E-state index in [1.165, 1.54) is 84.0 Å². The third kappa shape index (κ3) is 17.2. The highest BCUT2D eigenvalue weighted by Gasteiger charge is 2.32. The standard InChI is InChI=1S/5C23H17N3O2/c27-23(28)20-12-17(9-11-25-20)26-21-8-7-15-4-1-2-6-18(15)19(21)13-22(26)16-5-3-10-24-14-16;27-23(28)19-13-17(10-12-24-19)26-20-9-8-16-7-4-11-25-22(16)18(20)14-21(26)15-5-2-1-3-6-15;27-23(28)20-13-17(9-12-25-20)26-21-6-5-15-3-1-2-4-18(15)19(21)14-22(26)16-7-10-24-11-8-16;27-23(28)20-12-17(8-11-25-20)26-21-7-6-16-14-24-10-9-18(16)19(21)13-22(26)15-4-2-1-3-5-15;27-23(28)20-12-17(9-11-25-20)26-21-7-6-15-8-10-24-14-19(15)18(21)13-22(26)16-4-2-1-3-5-16/h1-6,9-14H,7-8H2,(H,27,28);1-7,10-14H,8-9H2,(H,27,28);1-4,7-14H,5-6H2,(H,27,28);2*1-5,8-14H,6-7H2,(H,27,28). The van der Waals surface area contributed by atoms with Gasteiger partial charge in [0.15, 0.2) is 0 Å². The van der Waals surface area contributed by atoms with Crippen molar-refractivity contribution in [2.24, 2.45) is 0 Å². The Kier molecular flexibility index (Phi) is 24.1. The number of aromatic carboxylic acids is 5. The highest BCUT2D eigenvalue weighted by atomic mass is 16.4. The molecule has 0 aliphatic heterocycles. The fourth-order valence-electron chi connectivity index (χ4n) is 19.8. The van der Waals surface area contributed by atoms with E-state index >= 15 is 0 Å². The van der Waals surface area contributed by atoms with Gasteiger partial charge in [-0.15, -0.1) is 0 Å². The van der Waals surface area contributed by atoms with Crippen LogP contribution in [0.15, 0.2) is 366 Å². The monoisotopic (exact) mass is 1840 g/mol. The first-order valence-electron chi connectivity index (χ1n) is 45.8. The number of nitrogens with zero attached hydrogens (tertiary/aromatic N) is 15. The van der Waals surface area contributed by atoms with Crippen LogP contribution in [0.1, 0.15) is 109 Å². The lowest BCUT2D eigenvalue weighted by Gasteiger charge is -2.20. The van der Waals surface area contributed by atoms with Gasteiger partial charge in [-0.3, -0.25) is 24.9 Å². The Labute approximate surface area is 802 Å². The van der Waals surface area contributed by atoms with E-state index in [2.05, 4.69) is 206 Å². The van der Waals surface area contributed by atoms with Gasteiger partial charge in [0, 0.05) is 188 Å². The summed E-state index contributed by atoms with van der Waals surface area (Å²) in [5, 5.41) is 46.9. The normalized spacial score (nSPS) is 12.3. The van der Waals surface area contributed by atoms with E-state index in [4.69, 9.17) is 0 Å². The third-order valence-corrected chi connectivity index (χ3v) is 26.1. The lowest BCUT2D eigenvalue weighted by molar-refractivity contribution is 0.0680. The molecule has 25 nitrogen and oxygen atoms in total. The van der Waals surface area contributed by atoms with Crippen LogP contribution in [-0.4, -0.2) is 128 Å². The van der Waals surface area contributed by atoms with Gasteiger partial charge in [-0.05, 0) is 259 Å². The van der Waals surface area contributed by atoms with E-state index in [-0.39, 0.29) is 28.5 Å². The van der Waals surface area contributed by atoms with E-state index < -0.39 is 29.8 Å². The molecular weight excluding hydrogens is 1750 g/mol. The molecule has 15 heterocycles. The van der Waals surface area contributed by atoms with Gasteiger partial charge >= 0.3 is 29.8 Å². The smallest absolute Gasteiger partial charge is 0.354 e. The van der Waals surface area contributed by atoms with Crippen LogP contribution in [0.5, 0.6) is 0 Å². The first kappa shape index (κ1) is 88.0. The molecule has 5 aliphatic carbocycles. The number of aromatic nitrogens is 15. The van der Waals surface area contributed by atoms with Crippen LogP contribution in [0, 0.1) is 0 Å². The van der Waals surface area contributed by atoms with Crippen molar-refractivity contribution in [3.05, 3.63) is 451 Å². The lowest BCUT2D eigenvalue weighted by atomic mass is 9.90. The summed E-state index contributed by atoms with van der Waals surface area (Å²) in [4.78, 5) is 98.7.